The number of Topliss-reactive ketones (excluding diaryl/α,β-unsaturated/α-hetero) is 1. The quantitative estimate of drug-likeness (QED) is 0.619. The number of ketones is 1. The Bertz CT molecular complexity index is 597. The molecule has 0 heterocycles. The summed E-state index contributed by atoms with van der Waals surface area (Å²) in [4.78, 5) is 24.6. The molecule has 134 valence electrons. The van der Waals surface area contributed by atoms with Crippen LogP contribution < -0.4 is 0 Å². The number of fused-ring (bicyclic) bond motifs is 1. The number of aliphatic hydroxyl groups is 1. The van der Waals surface area contributed by atoms with Crippen LogP contribution in [-0.2, 0) is 14.3 Å². The maximum absolute atomic E-state index is 12.5. The predicted molar refractivity (Wildman–Crippen MR) is 93.3 cm³/mol. The Morgan fingerprint density at radius 3 is 2.46 bits per heavy atom. The highest BCUT2D eigenvalue weighted by molar-refractivity contribution is 6.00. The van der Waals surface area contributed by atoms with Crippen molar-refractivity contribution in [3.8, 4) is 0 Å². The standard InChI is InChI=1S/C20H30O4/c1-7-12(4)19(23)24-16-9-8-15-18(22)17(21)14(11(2)3)10-20(15,6)13(16)5/h7,13,15-16,18,22H,8-10H2,1-6H3. The summed E-state index contributed by atoms with van der Waals surface area (Å²) in [5, 5.41) is 10.6. The molecule has 2 saturated carbocycles. The lowest BCUT2D eigenvalue weighted by Crippen LogP contribution is -2.55. The molecule has 0 aromatic carbocycles. The monoisotopic (exact) mass is 334 g/mol. The van der Waals surface area contributed by atoms with Crippen molar-refractivity contribution < 1.29 is 19.4 Å². The van der Waals surface area contributed by atoms with Gasteiger partial charge in [-0.2, -0.15) is 0 Å². The highest BCUT2D eigenvalue weighted by Crippen LogP contribution is 2.54. The summed E-state index contributed by atoms with van der Waals surface area (Å²) in [5.41, 5.74) is 2.07. The number of carbonyl (C=O) groups excluding carboxylic acids is 2. The van der Waals surface area contributed by atoms with Crippen LogP contribution in [0.15, 0.2) is 22.8 Å². The first kappa shape index (κ1) is 18.9. The third-order valence-electron chi connectivity index (χ3n) is 6.33. The minimum atomic E-state index is -0.940. The molecule has 24 heavy (non-hydrogen) atoms. The van der Waals surface area contributed by atoms with E-state index in [-0.39, 0.29) is 35.1 Å². The second kappa shape index (κ2) is 6.83. The van der Waals surface area contributed by atoms with Crippen molar-refractivity contribution in [3.63, 3.8) is 0 Å². The van der Waals surface area contributed by atoms with Crippen molar-refractivity contribution in [1.29, 1.82) is 0 Å². The minimum Gasteiger partial charge on any atom is -0.459 e. The number of hydrogen-bond acceptors (Lipinski definition) is 4. The number of allylic oxidation sites excluding steroid dienone is 2. The summed E-state index contributed by atoms with van der Waals surface area (Å²) in [6.07, 6.45) is 2.69. The molecular formula is C20H30O4. The third kappa shape index (κ3) is 3.08. The first-order valence-corrected chi connectivity index (χ1v) is 8.86. The molecule has 4 nitrogen and oxygen atoms in total. The van der Waals surface area contributed by atoms with Gasteiger partial charge in [-0.1, -0.05) is 25.5 Å². The van der Waals surface area contributed by atoms with Crippen molar-refractivity contribution in [3.05, 3.63) is 22.8 Å². The van der Waals surface area contributed by atoms with E-state index >= 15 is 0 Å². The van der Waals surface area contributed by atoms with E-state index in [4.69, 9.17) is 4.74 Å². The fourth-order valence-corrected chi connectivity index (χ4v) is 4.26. The normalized spacial score (nSPS) is 37.0. The van der Waals surface area contributed by atoms with E-state index in [1.54, 1.807) is 13.0 Å². The minimum absolute atomic E-state index is 0.0686. The van der Waals surface area contributed by atoms with E-state index in [0.717, 1.165) is 11.1 Å². The van der Waals surface area contributed by atoms with E-state index in [1.165, 1.54) is 0 Å². The van der Waals surface area contributed by atoms with E-state index < -0.39 is 6.10 Å². The molecule has 2 rings (SSSR count). The molecule has 2 aliphatic rings. The van der Waals surface area contributed by atoms with Crippen molar-refractivity contribution in [1.82, 2.24) is 0 Å². The Labute approximate surface area is 145 Å². The van der Waals surface area contributed by atoms with Crippen molar-refractivity contribution in [2.45, 2.75) is 73.0 Å². The van der Waals surface area contributed by atoms with E-state index in [9.17, 15) is 14.7 Å². The predicted octanol–water partition coefficient (Wildman–Crippen LogP) is 3.59. The molecule has 2 fully saturated rings. The zero-order chi connectivity index (χ0) is 18.2. The van der Waals surface area contributed by atoms with Gasteiger partial charge < -0.3 is 9.84 Å². The summed E-state index contributed by atoms with van der Waals surface area (Å²) >= 11 is 0. The first-order chi connectivity index (χ1) is 11.1. The van der Waals surface area contributed by atoms with Gasteiger partial charge in [-0.05, 0) is 69.8 Å². The molecule has 0 aliphatic heterocycles. The molecule has 0 saturated heterocycles. The van der Waals surface area contributed by atoms with Gasteiger partial charge in [0.15, 0.2) is 5.78 Å². The first-order valence-electron chi connectivity index (χ1n) is 8.86. The van der Waals surface area contributed by atoms with Crippen LogP contribution in [0, 0.1) is 17.3 Å². The number of rotatable bonds is 2. The van der Waals surface area contributed by atoms with Crippen LogP contribution in [-0.4, -0.2) is 29.1 Å². The molecule has 5 unspecified atom stereocenters. The maximum Gasteiger partial charge on any atom is 0.333 e. The van der Waals surface area contributed by atoms with Gasteiger partial charge in [0, 0.05) is 5.57 Å². The van der Waals surface area contributed by atoms with Crippen molar-refractivity contribution in [2.24, 2.45) is 17.3 Å². The van der Waals surface area contributed by atoms with Gasteiger partial charge in [-0.15, -0.1) is 0 Å². The Morgan fingerprint density at radius 2 is 1.92 bits per heavy atom. The molecule has 4 heteroatoms. The molecular weight excluding hydrogens is 304 g/mol. The maximum atomic E-state index is 12.5. The van der Waals surface area contributed by atoms with Gasteiger partial charge in [0.1, 0.15) is 12.2 Å². The molecule has 1 N–H and O–H groups in total. The SMILES string of the molecule is CC=C(C)C(=O)OC1CCC2C(O)C(=O)C(=C(C)C)CC2(C)C1C. The van der Waals surface area contributed by atoms with Crippen LogP contribution in [0.4, 0.5) is 0 Å². The van der Waals surface area contributed by atoms with Crippen LogP contribution in [0.2, 0.25) is 0 Å². The Balaban J connectivity index is 2.29. The second-order valence-electron chi connectivity index (χ2n) is 7.86. The van der Waals surface area contributed by atoms with Crippen LogP contribution in [0.3, 0.4) is 0 Å². The summed E-state index contributed by atoms with van der Waals surface area (Å²) in [6.45, 7) is 11.6. The van der Waals surface area contributed by atoms with Crippen molar-refractivity contribution >= 4 is 11.8 Å². The molecule has 0 aromatic rings. The molecule has 0 bridgehead atoms. The number of carbonyl (C=O) groups is 2. The summed E-state index contributed by atoms with van der Waals surface area (Å²) in [5.74, 6) is -0.376. The third-order valence-corrected chi connectivity index (χ3v) is 6.33. The zero-order valence-electron chi connectivity index (χ0n) is 15.7. The fourth-order valence-electron chi connectivity index (χ4n) is 4.26. The van der Waals surface area contributed by atoms with Gasteiger partial charge in [0.2, 0.25) is 0 Å². The molecule has 5 atom stereocenters. The smallest absolute Gasteiger partial charge is 0.333 e. The van der Waals surface area contributed by atoms with Crippen LogP contribution >= 0.6 is 0 Å². The summed E-state index contributed by atoms with van der Waals surface area (Å²) < 4.78 is 5.74. The molecule has 0 aromatic heterocycles. The van der Waals surface area contributed by atoms with Gasteiger partial charge in [-0.3, -0.25) is 4.79 Å². The lowest BCUT2D eigenvalue weighted by Gasteiger charge is -2.53. The molecule has 2 aliphatic carbocycles. The number of hydrogen-bond donors (Lipinski definition) is 1. The number of ether oxygens (including phenoxy) is 1. The van der Waals surface area contributed by atoms with Gasteiger partial charge in [0.25, 0.3) is 0 Å². The van der Waals surface area contributed by atoms with Gasteiger partial charge in [-0.25, -0.2) is 4.79 Å². The number of aliphatic hydroxyl groups excluding tert-OH is 1. The Kier molecular flexibility index (Phi) is 5.38. The van der Waals surface area contributed by atoms with Gasteiger partial charge in [0.05, 0.1) is 0 Å². The Hall–Kier alpha value is -1.42. The van der Waals surface area contributed by atoms with Crippen LogP contribution in [0.5, 0.6) is 0 Å². The lowest BCUT2D eigenvalue weighted by atomic mass is 9.53. The topological polar surface area (TPSA) is 63.6 Å². The molecule has 0 spiro atoms. The highest BCUT2D eigenvalue weighted by Gasteiger charge is 2.55. The van der Waals surface area contributed by atoms with Gasteiger partial charge >= 0.3 is 5.97 Å². The van der Waals surface area contributed by atoms with E-state index in [0.29, 0.717) is 24.8 Å². The molecule has 0 radical (unpaired) electrons. The largest absolute Gasteiger partial charge is 0.459 e. The average molecular weight is 334 g/mol. The molecule has 0 amide bonds. The average Bonchev–Trinajstić information content (AvgIpc) is 2.54. The zero-order valence-corrected chi connectivity index (χ0v) is 15.7. The fraction of sp³-hybridized carbons (Fsp3) is 0.700. The van der Waals surface area contributed by atoms with Crippen molar-refractivity contribution in [2.75, 3.05) is 0 Å². The van der Waals surface area contributed by atoms with E-state index in [1.807, 2.05) is 20.8 Å². The highest BCUT2D eigenvalue weighted by atomic mass is 16.5. The second-order valence-corrected chi connectivity index (χ2v) is 7.86. The van der Waals surface area contributed by atoms with E-state index in [2.05, 4.69) is 13.8 Å². The number of esters is 1. The summed E-state index contributed by atoms with van der Waals surface area (Å²) in [7, 11) is 0. The Morgan fingerprint density at radius 1 is 1.29 bits per heavy atom. The lowest BCUT2D eigenvalue weighted by molar-refractivity contribution is -0.165. The van der Waals surface area contributed by atoms with Crippen LogP contribution in [0.1, 0.15) is 60.8 Å². The van der Waals surface area contributed by atoms with Crippen LogP contribution in [0.25, 0.3) is 0 Å². The summed E-state index contributed by atoms with van der Waals surface area (Å²) in [6, 6.07) is 0.